The largest absolute Gasteiger partial charge is 0.493 e. The van der Waals surface area contributed by atoms with Gasteiger partial charge in [0.15, 0.2) is 15.8 Å². The van der Waals surface area contributed by atoms with Crippen LogP contribution in [0.3, 0.4) is 0 Å². The number of benzene rings is 3. The van der Waals surface area contributed by atoms with Gasteiger partial charge in [-0.3, -0.25) is 15.0 Å². The molecule has 0 atom stereocenters. The molecule has 11 heteroatoms. The summed E-state index contributed by atoms with van der Waals surface area (Å²) in [7, 11) is 1.54. The first-order valence-corrected chi connectivity index (χ1v) is 13.5. The smallest absolute Gasteiger partial charge is 0.285 e. The van der Waals surface area contributed by atoms with Crippen molar-refractivity contribution < 1.29 is 19.1 Å². The van der Waals surface area contributed by atoms with Crippen LogP contribution < -0.4 is 14.9 Å². The standard InChI is InChI=1S/C25H17Br2ClN2O4S2/c1-33-20-10-15(9-19(27)22(20)34-13-14-5-7-17(26)8-6-14)11-21-24(32)30(25(35)36-21)29-23(31)16-3-2-4-18(28)12-16/h2-12H,13H2,1H3,(H,29,31)/b21-11+. The summed E-state index contributed by atoms with van der Waals surface area (Å²) in [5.74, 6) is 0.106. The molecule has 4 rings (SSSR count). The van der Waals surface area contributed by atoms with Crippen LogP contribution in [0.5, 0.6) is 11.5 Å². The molecular formula is C25H17Br2ClN2O4S2. The lowest BCUT2D eigenvalue weighted by atomic mass is 10.1. The molecule has 0 spiro atoms. The molecule has 0 aromatic heterocycles. The van der Waals surface area contributed by atoms with Gasteiger partial charge in [-0.15, -0.1) is 0 Å². The maximum atomic E-state index is 13.0. The Morgan fingerprint density at radius 1 is 1.17 bits per heavy atom. The first-order chi connectivity index (χ1) is 17.2. The highest BCUT2D eigenvalue weighted by Gasteiger charge is 2.34. The van der Waals surface area contributed by atoms with Gasteiger partial charge in [0.05, 0.1) is 16.5 Å². The average molecular weight is 669 g/mol. The molecule has 1 aliphatic rings. The van der Waals surface area contributed by atoms with Crippen LogP contribution in [0, 0.1) is 0 Å². The van der Waals surface area contributed by atoms with Crippen LogP contribution >= 0.6 is 67.4 Å². The Balaban J connectivity index is 1.51. The summed E-state index contributed by atoms with van der Waals surface area (Å²) in [5, 5.41) is 1.47. The molecule has 0 bridgehead atoms. The highest BCUT2D eigenvalue weighted by molar-refractivity contribution is 9.10. The SMILES string of the molecule is COc1cc(/C=C2/SC(=S)N(NC(=O)c3cccc(Cl)c3)C2=O)cc(Br)c1OCc1ccc(Br)cc1. The first kappa shape index (κ1) is 26.7. The lowest BCUT2D eigenvalue weighted by Gasteiger charge is -2.15. The van der Waals surface area contributed by atoms with Gasteiger partial charge in [-0.1, -0.05) is 57.5 Å². The third kappa shape index (κ3) is 6.30. The third-order valence-electron chi connectivity index (χ3n) is 4.94. The van der Waals surface area contributed by atoms with E-state index in [1.165, 1.54) is 6.07 Å². The van der Waals surface area contributed by atoms with E-state index in [1.807, 2.05) is 30.3 Å². The molecule has 1 fully saturated rings. The molecule has 0 aliphatic carbocycles. The van der Waals surface area contributed by atoms with Crippen LogP contribution in [-0.2, 0) is 11.4 Å². The minimum atomic E-state index is -0.494. The Kier molecular flexibility index (Phi) is 8.74. The number of methoxy groups -OCH3 is 1. The van der Waals surface area contributed by atoms with Gasteiger partial charge in [0.2, 0.25) is 0 Å². The normalized spacial score (nSPS) is 14.3. The molecule has 3 aromatic rings. The van der Waals surface area contributed by atoms with Gasteiger partial charge in [0.25, 0.3) is 11.8 Å². The number of carbonyl (C=O) groups is 2. The summed E-state index contributed by atoms with van der Waals surface area (Å²) in [5.41, 5.74) is 4.55. The predicted molar refractivity (Wildman–Crippen MR) is 153 cm³/mol. The summed E-state index contributed by atoms with van der Waals surface area (Å²) in [6.07, 6.45) is 1.68. The van der Waals surface area contributed by atoms with E-state index < -0.39 is 11.8 Å². The molecule has 0 radical (unpaired) electrons. The van der Waals surface area contributed by atoms with Crippen molar-refractivity contribution in [3.05, 3.63) is 96.2 Å². The van der Waals surface area contributed by atoms with Gasteiger partial charge < -0.3 is 9.47 Å². The molecule has 2 amide bonds. The molecular weight excluding hydrogens is 652 g/mol. The van der Waals surface area contributed by atoms with Crippen molar-refractivity contribution in [1.82, 2.24) is 10.4 Å². The monoisotopic (exact) mass is 666 g/mol. The zero-order valence-corrected chi connectivity index (χ0v) is 24.1. The second-order valence-electron chi connectivity index (χ2n) is 7.42. The zero-order valence-electron chi connectivity index (χ0n) is 18.6. The Bertz CT molecular complexity index is 1380. The predicted octanol–water partition coefficient (Wildman–Crippen LogP) is 7.00. The van der Waals surface area contributed by atoms with E-state index in [0.29, 0.717) is 43.6 Å². The summed E-state index contributed by atoms with van der Waals surface area (Å²) in [4.78, 5) is 25.9. The minimum Gasteiger partial charge on any atom is -0.493 e. The van der Waals surface area contributed by atoms with Crippen LogP contribution in [0.2, 0.25) is 5.02 Å². The number of rotatable bonds is 7. The van der Waals surface area contributed by atoms with Gasteiger partial charge in [0.1, 0.15) is 6.61 Å². The first-order valence-electron chi connectivity index (χ1n) is 10.3. The van der Waals surface area contributed by atoms with Crippen molar-refractivity contribution in [1.29, 1.82) is 0 Å². The van der Waals surface area contributed by atoms with E-state index in [-0.39, 0.29) is 4.32 Å². The number of ether oxygens (including phenoxy) is 2. The molecule has 1 N–H and O–H groups in total. The molecule has 1 aliphatic heterocycles. The van der Waals surface area contributed by atoms with Crippen molar-refractivity contribution in [3.8, 4) is 11.5 Å². The Morgan fingerprint density at radius 3 is 2.61 bits per heavy atom. The number of hydrogen-bond acceptors (Lipinski definition) is 6. The Morgan fingerprint density at radius 2 is 1.92 bits per heavy atom. The third-order valence-corrected chi connectivity index (χ3v) is 7.59. The maximum Gasteiger partial charge on any atom is 0.285 e. The number of nitrogens with one attached hydrogen (secondary N) is 1. The number of thioether (sulfide) groups is 1. The molecule has 3 aromatic carbocycles. The summed E-state index contributed by atoms with van der Waals surface area (Å²) in [6.45, 7) is 0.354. The fourth-order valence-electron chi connectivity index (χ4n) is 3.21. The summed E-state index contributed by atoms with van der Waals surface area (Å²) in [6, 6.07) is 17.8. The zero-order chi connectivity index (χ0) is 25.8. The van der Waals surface area contributed by atoms with Crippen LogP contribution in [0.25, 0.3) is 6.08 Å². The van der Waals surface area contributed by atoms with Crippen molar-refractivity contribution in [3.63, 3.8) is 0 Å². The van der Waals surface area contributed by atoms with Crippen LogP contribution in [0.1, 0.15) is 21.5 Å². The van der Waals surface area contributed by atoms with Crippen LogP contribution in [0.15, 0.2) is 74.5 Å². The number of amides is 2. The molecule has 6 nitrogen and oxygen atoms in total. The molecule has 1 saturated heterocycles. The van der Waals surface area contributed by atoms with Crippen molar-refractivity contribution in [2.75, 3.05) is 7.11 Å². The van der Waals surface area contributed by atoms with Crippen molar-refractivity contribution >= 4 is 89.7 Å². The van der Waals surface area contributed by atoms with Gasteiger partial charge in [-0.2, -0.15) is 5.01 Å². The van der Waals surface area contributed by atoms with Crippen LogP contribution in [-0.4, -0.2) is 28.3 Å². The number of hydrogen-bond donors (Lipinski definition) is 1. The molecule has 184 valence electrons. The van der Waals surface area contributed by atoms with E-state index in [9.17, 15) is 9.59 Å². The van der Waals surface area contributed by atoms with Gasteiger partial charge >= 0.3 is 0 Å². The fraction of sp³-hybridized carbons (Fsp3) is 0.0800. The van der Waals surface area contributed by atoms with E-state index in [1.54, 1.807) is 37.5 Å². The second-order valence-corrected chi connectivity index (χ2v) is 11.3. The molecule has 0 saturated carbocycles. The average Bonchev–Trinajstić information content (AvgIpc) is 3.11. The minimum absolute atomic E-state index is 0.210. The quantitative estimate of drug-likeness (QED) is 0.216. The Hall–Kier alpha value is -2.37. The van der Waals surface area contributed by atoms with Gasteiger partial charge in [-0.25, -0.2) is 0 Å². The molecule has 36 heavy (non-hydrogen) atoms. The molecule has 1 heterocycles. The fourth-order valence-corrected chi connectivity index (χ4v) is 5.42. The van der Waals surface area contributed by atoms with E-state index in [4.69, 9.17) is 33.3 Å². The van der Waals surface area contributed by atoms with Crippen molar-refractivity contribution in [2.45, 2.75) is 6.61 Å². The lowest BCUT2D eigenvalue weighted by Crippen LogP contribution is -2.44. The Labute approximate surface area is 239 Å². The number of halogens is 3. The van der Waals surface area contributed by atoms with Crippen LogP contribution in [0.4, 0.5) is 0 Å². The number of carbonyl (C=O) groups excluding carboxylic acids is 2. The van der Waals surface area contributed by atoms with Gasteiger partial charge in [0, 0.05) is 15.1 Å². The highest BCUT2D eigenvalue weighted by atomic mass is 79.9. The highest BCUT2D eigenvalue weighted by Crippen LogP contribution is 2.39. The van der Waals surface area contributed by atoms with E-state index in [2.05, 4.69) is 37.3 Å². The second kappa shape index (κ2) is 11.8. The number of hydrazine groups is 1. The lowest BCUT2D eigenvalue weighted by molar-refractivity contribution is -0.123. The van der Waals surface area contributed by atoms with Crippen molar-refractivity contribution in [2.24, 2.45) is 0 Å². The maximum absolute atomic E-state index is 13.0. The van der Waals surface area contributed by atoms with Gasteiger partial charge in [-0.05, 0) is 87.8 Å². The number of thiocarbonyl (C=S) groups is 1. The van der Waals surface area contributed by atoms with E-state index >= 15 is 0 Å². The summed E-state index contributed by atoms with van der Waals surface area (Å²) < 4.78 is 13.4. The molecule has 0 unspecified atom stereocenters. The summed E-state index contributed by atoms with van der Waals surface area (Å²) >= 11 is 19.3. The number of nitrogens with zero attached hydrogens (tertiary/aromatic N) is 1. The van der Waals surface area contributed by atoms with E-state index in [0.717, 1.165) is 26.8 Å². The topological polar surface area (TPSA) is 67.9 Å².